The number of amides is 2. The third kappa shape index (κ3) is 4.32. The van der Waals surface area contributed by atoms with Crippen LogP contribution < -0.4 is 10.2 Å². The third-order valence-electron chi connectivity index (χ3n) is 3.59. The largest absolute Gasteiger partial charge is 0.350 e. The minimum Gasteiger partial charge on any atom is -0.350 e. The maximum Gasteiger partial charge on any atom is 0.252 e. The molecule has 0 atom stereocenters. The number of aryl methyl sites for hydroxylation is 2. The smallest absolute Gasteiger partial charge is 0.252 e. The zero-order valence-corrected chi connectivity index (χ0v) is 14.7. The second-order valence-corrected chi connectivity index (χ2v) is 5.99. The Morgan fingerprint density at radius 2 is 2.04 bits per heavy atom. The van der Waals surface area contributed by atoms with Crippen LogP contribution in [-0.4, -0.2) is 29.9 Å². The van der Waals surface area contributed by atoms with Gasteiger partial charge in [-0.3, -0.25) is 14.6 Å². The van der Waals surface area contributed by atoms with Crippen LogP contribution in [0.5, 0.6) is 0 Å². The Bertz CT molecular complexity index is 724. The van der Waals surface area contributed by atoms with Gasteiger partial charge in [0.1, 0.15) is 0 Å². The number of pyridine rings is 1. The van der Waals surface area contributed by atoms with Gasteiger partial charge in [0.2, 0.25) is 5.91 Å². The highest BCUT2D eigenvalue weighted by atomic mass is 35.5. The summed E-state index contributed by atoms with van der Waals surface area (Å²) in [5.41, 5.74) is 3.13. The van der Waals surface area contributed by atoms with E-state index in [0.717, 1.165) is 11.1 Å². The zero-order chi connectivity index (χ0) is 17.7. The fraction of sp³-hybridized carbons (Fsp3) is 0.278. The van der Waals surface area contributed by atoms with Gasteiger partial charge in [0, 0.05) is 32.4 Å². The molecule has 0 aliphatic carbocycles. The molecule has 0 bridgehead atoms. The van der Waals surface area contributed by atoms with Crippen molar-refractivity contribution in [3.8, 4) is 0 Å². The predicted octanol–water partition coefficient (Wildman–Crippen LogP) is 3.13. The van der Waals surface area contributed by atoms with Crippen molar-refractivity contribution in [2.45, 2.75) is 20.8 Å². The Morgan fingerprint density at radius 1 is 1.29 bits per heavy atom. The summed E-state index contributed by atoms with van der Waals surface area (Å²) in [6.45, 7) is 6.01. The Hall–Kier alpha value is -2.40. The number of nitrogens with one attached hydrogen (secondary N) is 1. The molecule has 0 saturated carbocycles. The van der Waals surface area contributed by atoms with Crippen molar-refractivity contribution in [2.24, 2.45) is 0 Å². The maximum absolute atomic E-state index is 12.0. The second kappa shape index (κ2) is 7.93. The molecule has 0 aliphatic rings. The number of anilines is 1. The highest BCUT2D eigenvalue weighted by Crippen LogP contribution is 2.31. The van der Waals surface area contributed by atoms with E-state index in [1.54, 1.807) is 23.2 Å². The number of rotatable bonds is 5. The lowest BCUT2D eigenvalue weighted by Gasteiger charge is -2.25. The quantitative estimate of drug-likeness (QED) is 0.905. The monoisotopic (exact) mass is 345 g/mol. The highest BCUT2D eigenvalue weighted by molar-refractivity contribution is 6.34. The van der Waals surface area contributed by atoms with Gasteiger partial charge in [0.15, 0.2) is 0 Å². The van der Waals surface area contributed by atoms with Gasteiger partial charge in [0.25, 0.3) is 5.91 Å². The molecule has 0 fully saturated rings. The fourth-order valence-corrected chi connectivity index (χ4v) is 2.98. The minimum absolute atomic E-state index is 0.125. The van der Waals surface area contributed by atoms with Gasteiger partial charge >= 0.3 is 0 Å². The van der Waals surface area contributed by atoms with Crippen molar-refractivity contribution in [2.75, 3.05) is 18.0 Å². The maximum atomic E-state index is 12.0. The molecule has 2 rings (SSSR count). The zero-order valence-electron chi connectivity index (χ0n) is 14.0. The first-order valence-electron chi connectivity index (χ1n) is 7.63. The summed E-state index contributed by atoms with van der Waals surface area (Å²) < 4.78 is 0. The Morgan fingerprint density at radius 3 is 2.62 bits per heavy atom. The van der Waals surface area contributed by atoms with Gasteiger partial charge in [-0.05, 0) is 43.2 Å². The van der Waals surface area contributed by atoms with E-state index in [9.17, 15) is 9.59 Å². The van der Waals surface area contributed by atoms with Crippen LogP contribution in [0.3, 0.4) is 0 Å². The van der Waals surface area contributed by atoms with Crippen molar-refractivity contribution in [1.29, 1.82) is 0 Å². The van der Waals surface area contributed by atoms with Crippen LogP contribution in [0.15, 0.2) is 36.7 Å². The van der Waals surface area contributed by atoms with Crippen LogP contribution in [0.25, 0.3) is 0 Å². The summed E-state index contributed by atoms with van der Waals surface area (Å²) in [6, 6.07) is 7.19. The number of benzene rings is 1. The average Bonchev–Trinajstić information content (AvgIpc) is 2.53. The van der Waals surface area contributed by atoms with Crippen molar-refractivity contribution < 1.29 is 9.59 Å². The molecule has 24 heavy (non-hydrogen) atoms. The van der Waals surface area contributed by atoms with E-state index < -0.39 is 0 Å². The Balaban J connectivity index is 2.08. The number of nitrogens with zero attached hydrogens (tertiary/aromatic N) is 2. The summed E-state index contributed by atoms with van der Waals surface area (Å²) in [5.74, 6) is -0.349. The molecule has 0 radical (unpaired) electrons. The lowest BCUT2D eigenvalue weighted by molar-refractivity contribution is -0.116. The van der Waals surface area contributed by atoms with Crippen LogP contribution in [-0.2, 0) is 4.79 Å². The van der Waals surface area contributed by atoms with Gasteiger partial charge < -0.3 is 10.2 Å². The number of carbonyl (C=O) groups is 2. The van der Waals surface area contributed by atoms with Gasteiger partial charge in [-0.2, -0.15) is 0 Å². The summed E-state index contributed by atoms with van der Waals surface area (Å²) in [5, 5.41) is 3.32. The molecule has 1 heterocycles. The van der Waals surface area contributed by atoms with E-state index in [0.29, 0.717) is 29.4 Å². The highest BCUT2D eigenvalue weighted by Gasteiger charge is 2.18. The summed E-state index contributed by atoms with van der Waals surface area (Å²) in [6.07, 6.45) is 3.11. The first-order valence-corrected chi connectivity index (χ1v) is 8.01. The first-order chi connectivity index (χ1) is 11.4. The van der Waals surface area contributed by atoms with Gasteiger partial charge in [-0.15, -0.1) is 0 Å². The van der Waals surface area contributed by atoms with E-state index in [4.69, 9.17) is 11.6 Å². The van der Waals surface area contributed by atoms with E-state index in [2.05, 4.69) is 10.3 Å². The van der Waals surface area contributed by atoms with Crippen molar-refractivity contribution in [3.63, 3.8) is 0 Å². The fourth-order valence-electron chi connectivity index (χ4n) is 2.56. The number of aromatic nitrogens is 1. The Kier molecular flexibility index (Phi) is 5.93. The van der Waals surface area contributed by atoms with Crippen LogP contribution >= 0.6 is 11.6 Å². The van der Waals surface area contributed by atoms with Gasteiger partial charge in [0.05, 0.1) is 16.3 Å². The molecule has 1 aromatic heterocycles. The SMILES string of the molecule is CC(=O)N(CCNC(=O)c1cccnc1)c1c(C)cc(C)cc1Cl. The van der Waals surface area contributed by atoms with Crippen LogP contribution in [0.4, 0.5) is 5.69 Å². The lowest BCUT2D eigenvalue weighted by Crippen LogP contribution is -2.38. The molecule has 0 aliphatic heterocycles. The molecule has 1 aromatic carbocycles. The van der Waals surface area contributed by atoms with Crippen molar-refractivity contribution in [3.05, 3.63) is 58.4 Å². The molecule has 0 unspecified atom stereocenters. The summed E-state index contributed by atoms with van der Waals surface area (Å²) in [4.78, 5) is 29.6. The lowest BCUT2D eigenvalue weighted by atomic mass is 10.1. The number of carbonyl (C=O) groups excluding carboxylic acids is 2. The van der Waals surface area contributed by atoms with Crippen LogP contribution in [0.2, 0.25) is 5.02 Å². The van der Waals surface area contributed by atoms with E-state index in [-0.39, 0.29) is 11.8 Å². The predicted molar refractivity (Wildman–Crippen MR) is 95.5 cm³/mol. The number of hydrogen-bond donors (Lipinski definition) is 1. The van der Waals surface area contributed by atoms with Gasteiger partial charge in [-0.1, -0.05) is 17.7 Å². The number of halogens is 1. The Labute approximate surface area is 146 Å². The van der Waals surface area contributed by atoms with Crippen molar-refractivity contribution >= 4 is 29.1 Å². The van der Waals surface area contributed by atoms with Crippen molar-refractivity contribution in [1.82, 2.24) is 10.3 Å². The number of hydrogen-bond acceptors (Lipinski definition) is 3. The van der Waals surface area contributed by atoms with E-state index in [1.807, 2.05) is 26.0 Å². The van der Waals surface area contributed by atoms with E-state index in [1.165, 1.54) is 13.1 Å². The molecule has 0 spiro atoms. The molecular weight excluding hydrogens is 326 g/mol. The molecule has 5 nitrogen and oxygen atoms in total. The summed E-state index contributed by atoms with van der Waals surface area (Å²) in [7, 11) is 0. The molecule has 2 aromatic rings. The van der Waals surface area contributed by atoms with E-state index >= 15 is 0 Å². The normalized spacial score (nSPS) is 10.3. The molecule has 6 heteroatoms. The molecule has 126 valence electrons. The first kappa shape index (κ1) is 17.9. The second-order valence-electron chi connectivity index (χ2n) is 5.58. The standard InChI is InChI=1S/C18H20ClN3O2/c1-12-9-13(2)17(16(19)10-12)22(14(3)23)8-7-21-18(24)15-5-4-6-20-11-15/h4-6,9-11H,7-8H2,1-3H3,(H,21,24). The topological polar surface area (TPSA) is 62.3 Å². The van der Waals surface area contributed by atoms with Crippen LogP contribution in [0.1, 0.15) is 28.4 Å². The molecule has 1 N–H and O–H groups in total. The average molecular weight is 346 g/mol. The molecule has 2 amide bonds. The molecular formula is C18H20ClN3O2. The van der Waals surface area contributed by atoms with Crippen LogP contribution in [0, 0.1) is 13.8 Å². The van der Waals surface area contributed by atoms with Gasteiger partial charge in [-0.25, -0.2) is 0 Å². The summed E-state index contributed by atoms with van der Waals surface area (Å²) >= 11 is 6.32. The minimum atomic E-state index is -0.224. The third-order valence-corrected chi connectivity index (χ3v) is 3.88. The molecule has 0 saturated heterocycles.